The van der Waals surface area contributed by atoms with E-state index in [2.05, 4.69) is 10.6 Å². The van der Waals surface area contributed by atoms with E-state index in [1.54, 1.807) is 13.8 Å². The topological polar surface area (TPSA) is 58.2 Å². The summed E-state index contributed by atoms with van der Waals surface area (Å²) in [6.07, 6.45) is 0. The molecule has 1 unspecified atom stereocenters. The number of amides is 2. The number of hydrogen-bond donors (Lipinski definition) is 2. The van der Waals surface area contributed by atoms with Gasteiger partial charge in [0.2, 0.25) is 11.8 Å². The maximum absolute atomic E-state index is 11.5. The molecule has 1 aliphatic rings. The van der Waals surface area contributed by atoms with Crippen molar-refractivity contribution in [1.82, 2.24) is 10.6 Å². The molecule has 1 heterocycles. The molecule has 4 heteroatoms. The molecule has 1 rings (SSSR count). The number of piperazine rings is 1. The third kappa shape index (κ3) is 1.82. The first-order valence-corrected chi connectivity index (χ1v) is 4.47. The predicted molar refractivity (Wildman–Crippen MR) is 49.0 cm³/mol. The van der Waals surface area contributed by atoms with Crippen LogP contribution in [-0.4, -0.2) is 23.4 Å². The van der Waals surface area contributed by atoms with Crippen LogP contribution in [0.15, 0.2) is 0 Å². The Morgan fingerprint density at radius 2 is 1.85 bits per heavy atom. The number of carbonyl (C=O) groups excluding carboxylic acids is 2. The Morgan fingerprint density at radius 3 is 2.31 bits per heavy atom. The molecule has 1 saturated heterocycles. The maximum Gasteiger partial charge on any atom is 0.245 e. The Kier molecular flexibility index (Phi) is 2.32. The van der Waals surface area contributed by atoms with Gasteiger partial charge in [0, 0.05) is 0 Å². The van der Waals surface area contributed by atoms with Crippen molar-refractivity contribution >= 4 is 11.8 Å². The van der Waals surface area contributed by atoms with E-state index in [1.165, 1.54) is 0 Å². The van der Waals surface area contributed by atoms with E-state index in [0.29, 0.717) is 0 Å². The van der Waals surface area contributed by atoms with Gasteiger partial charge in [0.25, 0.3) is 0 Å². The van der Waals surface area contributed by atoms with Gasteiger partial charge in [-0.15, -0.1) is 0 Å². The highest BCUT2D eigenvalue weighted by Gasteiger charge is 2.40. The van der Waals surface area contributed by atoms with Gasteiger partial charge in [0.1, 0.15) is 11.6 Å². The molecule has 1 aliphatic heterocycles. The molecule has 0 aliphatic carbocycles. The summed E-state index contributed by atoms with van der Waals surface area (Å²) in [7, 11) is 0. The van der Waals surface area contributed by atoms with E-state index in [-0.39, 0.29) is 23.8 Å². The molecule has 0 aromatic rings. The second-order valence-corrected chi connectivity index (χ2v) is 4.31. The van der Waals surface area contributed by atoms with Crippen LogP contribution < -0.4 is 10.6 Å². The van der Waals surface area contributed by atoms with E-state index < -0.39 is 5.54 Å². The van der Waals surface area contributed by atoms with Crippen LogP contribution in [0.1, 0.15) is 27.7 Å². The Balaban J connectivity index is 2.80. The smallest absolute Gasteiger partial charge is 0.245 e. The average molecular weight is 184 g/mol. The minimum Gasteiger partial charge on any atom is -0.342 e. The first-order chi connectivity index (χ1) is 5.84. The van der Waals surface area contributed by atoms with Crippen LogP contribution >= 0.6 is 0 Å². The van der Waals surface area contributed by atoms with Gasteiger partial charge in [-0.3, -0.25) is 9.59 Å². The van der Waals surface area contributed by atoms with Crippen molar-refractivity contribution in [3.8, 4) is 0 Å². The second kappa shape index (κ2) is 3.01. The largest absolute Gasteiger partial charge is 0.342 e. The lowest BCUT2D eigenvalue weighted by Crippen LogP contribution is -2.67. The number of nitrogens with one attached hydrogen (secondary N) is 2. The van der Waals surface area contributed by atoms with Gasteiger partial charge in [-0.1, -0.05) is 13.8 Å². The first kappa shape index (κ1) is 10.0. The highest BCUT2D eigenvalue weighted by Crippen LogP contribution is 2.13. The van der Waals surface area contributed by atoms with Crippen LogP contribution in [0.3, 0.4) is 0 Å². The Bertz CT molecular complexity index is 246. The molecule has 0 aromatic heterocycles. The molecular formula is C9H16N2O2. The summed E-state index contributed by atoms with van der Waals surface area (Å²) in [6, 6.07) is -0.388. The average Bonchev–Trinajstić information content (AvgIpc) is 1.95. The third-order valence-corrected chi connectivity index (χ3v) is 2.24. The molecular weight excluding hydrogens is 168 g/mol. The van der Waals surface area contributed by atoms with E-state index in [4.69, 9.17) is 0 Å². The van der Waals surface area contributed by atoms with Crippen LogP contribution in [0, 0.1) is 5.92 Å². The standard InChI is InChI=1S/C9H16N2O2/c1-5(2)6-7(12)11-9(3,4)8(13)10-6/h5-6H,1-4H3,(H,10,13)(H,11,12). The molecule has 74 valence electrons. The van der Waals surface area contributed by atoms with E-state index in [1.807, 2.05) is 13.8 Å². The SMILES string of the molecule is CC(C)C1NC(=O)C(C)(C)NC1=O. The van der Waals surface area contributed by atoms with Crippen LogP contribution in [-0.2, 0) is 9.59 Å². The molecule has 0 saturated carbocycles. The minimum absolute atomic E-state index is 0.0976. The quantitative estimate of drug-likeness (QED) is 0.604. The molecule has 4 nitrogen and oxygen atoms in total. The second-order valence-electron chi connectivity index (χ2n) is 4.31. The molecule has 2 amide bonds. The van der Waals surface area contributed by atoms with Crippen molar-refractivity contribution < 1.29 is 9.59 Å². The normalized spacial score (nSPS) is 27.0. The molecule has 0 aromatic carbocycles. The monoisotopic (exact) mass is 184 g/mol. The van der Waals surface area contributed by atoms with Gasteiger partial charge >= 0.3 is 0 Å². The van der Waals surface area contributed by atoms with Crippen molar-refractivity contribution in [2.24, 2.45) is 5.92 Å². The zero-order valence-electron chi connectivity index (χ0n) is 8.47. The summed E-state index contributed by atoms with van der Waals surface area (Å²) in [5, 5.41) is 5.39. The van der Waals surface area contributed by atoms with E-state index in [0.717, 1.165) is 0 Å². The summed E-state index contributed by atoms with van der Waals surface area (Å²) in [5.74, 6) is -0.0922. The fourth-order valence-corrected chi connectivity index (χ4v) is 1.30. The van der Waals surface area contributed by atoms with Crippen molar-refractivity contribution in [3.63, 3.8) is 0 Å². The van der Waals surface area contributed by atoms with E-state index >= 15 is 0 Å². The van der Waals surface area contributed by atoms with Gasteiger partial charge in [-0.25, -0.2) is 0 Å². The van der Waals surface area contributed by atoms with Crippen molar-refractivity contribution in [2.45, 2.75) is 39.3 Å². The van der Waals surface area contributed by atoms with E-state index in [9.17, 15) is 9.59 Å². The molecule has 1 atom stereocenters. The van der Waals surface area contributed by atoms with Gasteiger partial charge in [0.15, 0.2) is 0 Å². The van der Waals surface area contributed by atoms with Crippen molar-refractivity contribution in [2.75, 3.05) is 0 Å². The Morgan fingerprint density at radius 1 is 1.31 bits per heavy atom. The number of rotatable bonds is 1. The lowest BCUT2D eigenvalue weighted by molar-refractivity contribution is -0.141. The van der Waals surface area contributed by atoms with Crippen LogP contribution in [0.4, 0.5) is 0 Å². The van der Waals surface area contributed by atoms with Gasteiger partial charge in [0.05, 0.1) is 0 Å². The lowest BCUT2D eigenvalue weighted by atomic mass is 9.94. The highest BCUT2D eigenvalue weighted by molar-refractivity contribution is 5.99. The molecule has 1 fully saturated rings. The number of hydrogen-bond acceptors (Lipinski definition) is 2. The van der Waals surface area contributed by atoms with Crippen LogP contribution in [0.25, 0.3) is 0 Å². The fraction of sp³-hybridized carbons (Fsp3) is 0.778. The summed E-state index contributed by atoms with van der Waals surface area (Å²) >= 11 is 0. The Hall–Kier alpha value is -1.06. The van der Waals surface area contributed by atoms with Crippen molar-refractivity contribution in [3.05, 3.63) is 0 Å². The summed E-state index contributed by atoms with van der Waals surface area (Å²) < 4.78 is 0. The van der Waals surface area contributed by atoms with Gasteiger partial charge in [-0.2, -0.15) is 0 Å². The first-order valence-electron chi connectivity index (χ1n) is 4.47. The van der Waals surface area contributed by atoms with Crippen LogP contribution in [0.5, 0.6) is 0 Å². The summed E-state index contributed by atoms with van der Waals surface area (Å²) in [6.45, 7) is 7.19. The van der Waals surface area contributed by atoms with Crippen molar-refractivity contribution in [1.29, 1.82) is 0 Å². The van der Waals surface area contributed by atoms with Crippen LogP contribution in [0.2, 0.25) is 0 Å². The molecule has 2 N–H and O–H groups in total. The molecule has 13 heavy (non-hydrogen) atoms. The fourth-order valence-electron chi connectivity index (χ4n) is 1.30. The molecule has 0 spiro atoms. The molecule has 0 bridgehead atoms. The third-order valence-electron chi connectivity index (χ3n) is 2.24. The molecule has 0 radical (unpaired) electrons. The maximum atomic E-state index is 11.5. The highest BCUT2D eigenvalue weighted by atomic mass is 16.2. The lowest BCUT2D eigenvalue weighted by Gasteiger charge is -2.36. The van der Waals surface area contributed by atoms with Gasteiger partial charge in [-0.05, 0) is 19.8 Å². The van der Waals surface area contributed by atoms with Gasteiger partial charge < -0.3 is 10.6 Å². The predicted octanol–water partition coefficient (Wildman–Crippen LogP) is 0.0356. The summed E-state index contributed by atoms with van der Waals surface area (Å²) in [5.41, 5.74) is -0.775. The zero-order valence-corrected chi connectivity index (χ0v) is 8.47. The Labute approximate surface area is 78.1 Å². The zero-order chi connectivity index (χ0) is 10.2. The number of carbonyl (C=O) groups is 2. The minimum atomic E-state index is -0.775. The summed E-state index contributed by atoms with van der Waals surface area (Å²) in [4.78, 5) is 22.9.